The van der Waals surface area contributed by atoms with E-state index in [1.807, 2.05) is 82.3 Å². The highest BCUT2D eigenvalue weighted by Gasteiger charge is 2.03. The summed E-state index contributed by atoms with van der Waals surface area (Å²) in [7, 11) is 0. The second kappa shape index (κ2) is 10.2. The van der Waals surface area contributed by atoms with Gasteiger partial charge in [0.15, 0.2) is 0 Å². The standard InChI is InChI=1S/C15H11N3.2C2H6/c1-3-10-16-12(6-1)14-8-5-9-15(18-14)13-7-2-4-11-17-13;2*1-2/h1-11H;2*1-2H3. The van der Waals surface area contributed by atoms with E-state index in [1.54, 1.807) is 12.4 Å². The molecule has 3 aromatic rings. The maximum Gasteiger partial charge on any atom is 0.0894 e. The highest BCUT2D eigenvalue weighted by molar-refractivity contribution is 5.61. The van der Waals surface area contributed by atoms with Crippen LogP contribution in [-0.2, 0) is 0 Å². The van der Waals surface area contributed by atoms with E-state index in [0.29, 0.717) is 0 Å². The molecule has 0 spiro atoms. The molecule has 22 heavy (non-hydrogen) atoms. The molecule has 0 N–H and O–H groups in total. The Labute approximate surface area is 133 Å². The molecule has 3 aromatic heterocycles. The Balaban J connectivity index is 0.000000561. The van der Waals surface area contributed by atoms with Gasteiger partial charge in [0, 0.05) is 12.4 Å². The number of hydrogen-bond donors (Lipinski definition) is 0. The van der Waals surface area contributed by atoms with Crippen molar-refractivity contribution in [3.63, 3.8) is 0 Å². The van der Waals surface area contributed by atoms with Crippen LogP contribution >= 0.6 is 0 Å². The zero-order valence-electron chi connectivity index (χ0n) is 13.7. The van der Waals surface area contributed by atoms with Crippen LogP contribution in [0.1, 0.15) is 27.7 Å². The van der Waals surface area contributed by atoms with Crippen LogP contribution in [0.5, 0.6) is 0 Å². The summed E-state index contributed by atoms with van der Waals surface area (Å²) in [4.78, 5) is 13.2. The first kappa shape index (κ1) is 17.5. The normalized spacial score (nSPS) is 8.91. The number of rotatable bonds is 2. The molecule has 3 heterocycles. The number of pyridine rings is 3. The molecule has 0 aromatic carbocycles. The Morgan fingerprint density at radius 1 is 0.500 bits per heavy atom. The van der Waals surface area contributed by atoms with Gasteiger partial charge in [0.05, 0.1) is 22.8 Å². The van der Waals surface area contributed by atoms with E-state index < -0.39 is 0 Å². The van der Waals surface area contributed by atoms with Crippen molar-refractivity contribution in [2.24, 2.45) is 0 Å². The lowest BCUT2D eigenvalue weighted by molar-refractivity contribution is 1.22. The van der Waals surface area contributed by atoms with Gasteiger partial charge in [-0.25, -0.2) is 4.98 Å². The molecule has 0 atom stereocenters. The summed E-state index contributed by atoms with van der Waals surface area (Å²) in [6, 6.07) is 17.5. The summed E-state index contributed by atoms with van der Waals surface area (Å²) in [5.74, 6) is 0. The third-order valence-electron chi connectivity index (χ3n) is 2.60. The maximum absolute atomic E-state index is 4.59. The van der Waals surface area contributed by atoms with Crippen molar-refractivity contribution in [1.29, 1.82) is 0 Å². The molecule has 0 radical (unpaired) electrons. The van der Waals surface area contributed by atoms with Gasteiger partial charge in [0.1, 0.15) is 0 Å². The van der Waals surface area contributed by atoms with Crippen molar-refractivity contribution < 1.29 is 0 Å². The van der Waals surface area contributed by atoms with Gasteiger partial charge < -0.3 is 0 Å². The van der Waals surface area contributed by atoms with Gasteiger partial charge in [-0.15, -0.1) is 0 Å². The number of hydrogen-bond acceptors (Lipinski definition) is 3. The van der Waals surface area contributed by atoms with E-state index in [-0.39, 0.29) is 0 Å². The van der Waals surface area contributed by atoms with Crippen molar-refractivity contribution >= 4 is 0 Å². The molecule has 3 heteroatoms. The third-order valence-corrected chi connectivity index (χ3v) is 2.60. The quantitative estimate of drug-likeness (QED) is 0.647. The molecule has 0 amide bonds. The van der Waals surface area contributed by atoms with Crippen LogP contribution in [0.4, 0.5) is 0 Å². The van der Waals surface area contributed by atoms with E-state index in [9.17, 15) is 0 Å². The van der Waals surface area contributed by atoms with Gasteiger partial charge >= 0.3 is 0 Å². The second-order valence-corrected chi connectivity index (χ2v) is 3.84. The fourth-order valence-electron chi connectivity index (χ4n) is 1.75. The molecule has 3 nitrogen and oxygen atoms in total. The molecule has 114 valence electrons. The minimum absolute atomic E-state index is 0.860. The lowest BCUT2D eigenvalue weighted by atomic mass is 10.2. The minimum atomic E-state index is 0.860. The summed E-state index contributed by atoms with van der Waals surface area (Å²) in [6.07, 6.45) is 3.54. The maximum atomic E-state index is 4.59. The average molecular weight is 293 g/mol. The Hall–Kier alpha value is -2.55. The third kappa shape index (κ3) is 4.77. The van der Waals surface area contributed by atoms with Gasteiger partial charge in [-0.1, -0.05) is 45.9 Å². The van der Waals surface area contributed by atoms with Crippen LogP contribution in [0.3, 0.4) is 0 Å². The van der Waals surface area contributed by atoms with Gasteiger partial charge in [0.2, 0.25) is 0 Å². The Morgan fingerprint density at radius 3 is 1.27 bits per heavy atom. The summed E-state index contributed by atoms with van der Waals surface area (Å²) in [5.41, 5.74) is 3.46. The van der Waals surface area contributed by atoms with E-state index in [4.69, 9.17) is 0 Å². The van der Waals surface area contributed by atoms with E-state index in [0.717, 1.165) is 22.8 Å². The van der Waals surface area contributed by atoms with Crippen LogP contribution in [-0.4, -0.2) is 15.0 Å². The van der Waals surface area contributed by atoms with Gasteiger partial charge in [0.25, 0.3) is 0 Å². The molecule has 0 bridgehead atoms. The number of aromatic nitrogens is 3. The van der Waals surface area contributed by atoms with Crippen molar-refractivity contribution in [2.45, 2.75) is 27.7 Å². The average Bonchev–Trinajstić information content (AvgIpc) is 2.67. The van der Waals surface area contributed by atoms with E-state index in [1.165, 1.54) is 0 Å². The van der Waals surface area contributed by atoms with Crippen LogP contribution < -0.4 is 0 Å². The molecule has 0 aliphatic carbocycles. The largest absolute Gasteiger partial charge is 0.255 e. The van der Waals surface area contributed by atoms with Crippen molar-refractivity contribution in [1.82, 2.24) is 15.0 Å². The molecule has 3 rings (SSSR count). The molecular weight excluding hydrogens is 270 g/mol. The highest BCUT2D eigenvalue weighted by Crippen LogP contribution is 2.19. The van der Waals surface area contributed by atoms with Gasteiger partial charge in [-0.3, -0.25) is 9.97 Å². The first-order valence-electron chi connectivity index (χ1n) is 7.73. The first-order chi connectivity index (χ1) is 10.9. The molecule has 0 fully saturated rings. The Bertz CT molecular complexity index is 582. The van der Waals surface area contributed by atoms with Crippen LogP contribution in [0.25, 0.3) is 22.8 Å². The fourth-order valence-corrected chi connectivity index (χ4v) is 1.75. The van der Waals surface area contributed by atoms with Crippen molar-refractivity contribution in [2.75, 3.05) is 0 Å². The second-order valence-electron chi connectivity index (χ2n) is 3.84. The van der Waals surface area contributed by atoms with Crippen molar-refractivity contribution in [3.05, 3.63) is 67.0 Å². The van der Waals surface area contributed by atoms with E-state index in [2.05, 4.69) is 15.0 Å². The fraction of sp³-hybridized carbons (Fsp3) is 0.211. The smallest absolute Gasteiger partial charge is 0.0894 e. The lowest BCUT2D eigenvalue weighted by Gasteiger charge is -2.03. The highest BCUT2D eigenvalue weighted by atomic mass is 14.8. The van der Waals surface area contributed by atoms with Crippen LogP contribution in [0, 0.1) is 0 Å². The summed E-state index contributed by atoms with van der Waals surface area (Å²) >= 11 is 0. The topological polar surface area (TPSA) is 38.7 Å². The van der Waals surface area contributed by atoms with Gasteiger partial charge in [-0.2, -0.15) is 0 Å². The summed E-state index contributed by atoms with van der Waals surface area (Å²) < 4.78 is 0. The zero-order valence-corrected chi connectivity index (χ0v) is 13.7. The summed E-state index contributed by atoms with van der Waals surface area (Å²) in [5, 5.41) is 0. The zero-order chi connectivity index (χ0) is 16.2. The SMILES string of the molecule is CC.CC.c1ccc(-c2cccc(-c3ccccn3)n2)nc1. The van der Waals surface area contributed by atoms with Gasteiger partial charge in [-0.05, 0) is 36.4 Å². The lowest BCUT2D eigenvalue weighted by Crippen LogP contribution is -1.90. The van der Waals surface area contributed by atoms with Crippen LogP contribution in [0.2, 0.25) is 0 Å². The predicted octanol–water partition coefficient (Wildman–Crippen LogP) is 5.26. The first-order valence-corrected chi connectivity index (χ1v) is 7.73. The molecule has 0 saturated carbocycles. The van der Waals surface area contributed by atoms with E-state index >= 15 is 0 Å². The predicted molar refractivity (Wildman–Crippen MR) is 93.4 cm³/mol. The van der Waals surface area contributed by atoms with Crippen LogP contribution in [0.15, 0.2) is 67.0 Å². The van der Waals surface area contributed by atoms with Crippen molar-refractivity contribution in [3.8, 4) is 22.8 Å². The molecule has 0 saturated heterocycles. The number of nitrogens with zero attached hydrogens (tertiary/aromatic N) is 3. The Kier molecular flexibility index (Phi) is 8.13. The molecule has 0 aliphatic heterocycles. The monoisotopic (exact) mass is 293 g/mol. The summed E-state index contributed by atoms with van der Waals surface area (Å²) in [6.45, 7) is 8.00. The molecule has 0 unspecified atom stereocenters. The molecular formula is C19H23N3. The minimum Gasteiger partial charge on any atom is -0.255 e. The molecule has 0 aliphatic rings. The Morgan fingerprint density at radius 2 is 0.909 bits per heavy atom.